The number of carbonyl (C=O) groups excluding carboxylic acids is 4. The minimum Gasteiger partial charge on any atom is -0.468 e. The number of rotatable bonds is 10. The maximum Gasteiger partial charge on any atom is 0.325 e. The molecule has 3 N–H and O–H groups in total. The summed E-state index contributed by atoms with van der Waals surface area (Å²) in [6.45, 7) is 2.25. The summed E-state index contributed by atoms with van der Waals surface area (Å²) in [5, 5.41) is 4.05. The number of amides is 2. The molecule has 0 saturated heterocycles. The van der Waals surface area contributed by atoms with Crippen LogP contribution in [0.4, 0.5) is 0 Å². The van der Waals surface area contributed by atoms with Crippen molar-refractivity contribution in [1.82, 2.24) is 15.4 Å². The first-order valence-electron chi connectivity index (χ1n) is 9.05. The van der Waals surface area contributed by atoms with E-state index < -0.39 is 63.7 Å². The number of ether oxygens (including phenoxy) is 2. The highest BCUT2D eigenvalue weighted by Crippen LogP contribution is 2.29. The molecule has 0 unspecified atom stereocenters. The molecule has 1 aromatic rings. The van der Waals surface area contributed by atoms with Gasteiger partial charge < -0.3 is 20.1 Å². The summed E-state index contributed by atoms with van der Waals surface area (Å²) in [6, 6.07) is 0.698. The molecule has 1 atom stereocenters. The molecule has 11 nitrogen and oxygen atoms in total. The first-order chi connectivity index (χ1) is 14.8. The molecule has 0 radical (unpaired) electrons. The molecule has 178 valence electrons. The second kappa shape index (κ2) is 12.0. The van der Waals surface area contributed by atoms with Gasteiger partial charge >= 0.3 is 11.9 Å². The van der Waals surface area contributed by atoms with Gasteiger partial charge in [0.25, 0.3) is 5.91 Å². The number of carbonyl (C=O) groups is 4. The molecule has 0 aliphatic heterocycles. The van der Waals surface area contributed by atoms with Gasteiger partial charge in [0.15, 0.2) is 0 Å². The first kappa shape index (κ1) is 27.6. The van der Waals surface area contributed by atoms with Crippen LogP contribution in [0.2, 0.25) is 10.0 Å². The van der Waals surface area contributed by atoms with Gasteiger partial charge in [-0.2, -0.15) is 4.72 Å². The normalized spacial score (nSPS) is 12.1. The van der Waals surface area contributed by atoms with Crippen LogP contribution in [0.25, 0.3) is 0 Å². The predicted octanol–water partition coefficient (Wildman–Crippen LogP) is 0.488. The molecule has 0 spiro atoms. The summed E-state index contributed by atoms with van der Waals surface area (Å²) < 4.78 is 36.9. The molecular weight excluding hydrogens is 489 g/mol. The van der Waals surface area contributed by atoms with Crippen LogP contribution in [-0.2, 0) is 33.9 Å². The summed E-state index contributed by atoms with van der Waals surface area (Å²) >= 11 is 12.0. The van der Waals surface area contributed by atoms with E-state index in [0.29, 0.717) is 0 Å². The third-order valence-corrected chi connectivity index (χ3v) is 6.26. The molecule has 0 aliphatic rings. The minimum atomic E-state index is -4.42. The third kappa shape index (κ3) is 7.62. The predicted molar refractivity (Wildman–Crippen MR) is 115 cm³/mol. The van der Waals surface area contributed by atoms with Gasteiger partial charge in [0.05, 0.1) is 29.8 Å². The van der Waals surface area contributed by atoms with Crippen molar-refractivity contribution in [3.63, 3.8) is 0 Å². The van der Waals surface area contributed by atoms with Gasteiger partial charge in [0.1, 0.15) is 24.0 Å². The van der Waals surface area contributed by atoms with Crippen LogP contribution in [0.3, 0.4) is 0 Å². The van der Waals surface area contributed by atoms with Crippen LogP contribution in [0.1, 0.15) is 24.2 Å². The quantitative estimate of drug-likeness (QED) is 0.383. The lowest BCUT2D eigenvalue weighted by Gasteiger charge is -2.22. The van der Waals surface area contributed by atoms with Crippen molar-refractivity contribution in [2.45, 2.75) is 24.8 Å². The molecule has 2 amide bonds. The van der Waals surface area contributed by atoms with E-state index in [1.165, 1.54) is 0 Å². The second-order valence-electron chi connectivity index (χ2n) is 6.66. The maximum atomic E-state index is 12.9. The van der Waals surface area contributed by atoms with Crippen LogP contribution in [0.15, 0.2) is 17.0 Å². The Morgan fingerprint density at radius 3 is 1.97 bits per heavy atom. The lowest BCUT2D eigenvalue weighted by molar-refractivity contribution is -0.141. The summed E-state index contributed by atoms with van der Waals surface area (Å²) in [5.74, 6) is -3.57. The number of hydrogen-bond donors (Lipinski definition) is 3. The van der Waals surface area contributed by atoms with Gasteiger partial charge in [0, 0.05) is 0 Å². The summed E-state index contributed by atoms with van der Waals surface area (Å²) in [6.07, 6.45) is 0. The van der Waals surface area contributed by atoms with Crippen LogP contribution in [0.5, 0.6) is 0 Å². The van der Waals surface area contributed by atoms with E-state index in [1.807, 2.05) is 0 Å². The Balaban J connectivity index is 3.20. The van der Waals surface area contributed by atoms with Crippen molar-refractivity contribution in [1.29, 1.82) is 0 Å². The van der Waals surface area contributed by atoms with Gasteiger partial charge in [-0.15, -0.1) is 0 Å². The number of benzene rings is 1. The Morgan fingerprint density at radius 2 is 1.47 bits per heavy atom. The summed E-state index contributed by atoms with van der Waals surface area (Å²) in [4.78, 5) is 46.7. The average Bonchev–Trinajstić information content (AvgIpc) is 2.73. The van der Waals surface area contributed by atoms with Crippen molar-refractivity contribution in [3.8, 4) is 0 Å². The second-order valence-corrected chi connectivity index (χ2v) is 9.16. The summed E-state index contributed by atoms with van der Waals surface area (Å²) in [7, 11) is -2.15. The Labute approximate surface area is 195 Å². The topological polar surface area (TPSA) is 157 Å². The fraction of sp³-hybridized carbons (Fsp3) is 0.444. The van der Waals surface area contributed by atoms with E-state index in [0.717, 1.165) is 26.4 Å². The van der Waals surface area contributed by atoms with Crippen molar-refractivity contribution in [3.05, 3.63) is 27.7 Å². The number of esters is 2. The van der Waals surface area contributed by atoms with E-state index in [1.54, 1.807) is 13.8 Å². The highest BCUT2D eigenvalue weighted by Gasteiger charge is 2.31. The van der Waals surface area contributed by atoms with E-state index in [9.17, 15) is 27.6 Å². The van der Waals surface area contributed by atoms with E-state index in [-0.39, 0.29) is 15.6 Å². The standard InChI is InChI=1S/C18H23Cl2N3O8S/c1-9(2)16(18(27)22-8-15(25)31-4)23-32(28,29)13-5-10(11(19)6-12(13)20)17(26)21-7-14(24)30-3/h5-6,9,16,23H,7-8H2,1-4H3,(H,21,26)(H,22,27)/t16-/m0/s1. The smallest absolute Gasteiger partial charge is 0.325 e. The van der Waals surface area contributed by atoms with Crippen LogP contribution < -0.4 is 15.4 Å². The average molecular weight is 512 g/mol. The number of hydrogen-bond acceptors (Lipinski definition) is 8. The van der Waals surface area contributed by atoms with Crippen LogP contribution in [0, 0.1) is 5.92 Å². The zero-order valence-electron chi connectivity index (χ0n) is 17.7. The van der Waals surface area contributed by atoms with Crippen molar-refractivity contribution < 1.29 is 37.1 Å². The molecule has 14 heteroatoms. The Morgan fingerprint density at radius 1 is 0.938 bits per heavy atom. The van der Waals surface area contributed by atoms with E-state index in [4.69, 9.17) is 23.2 Å². The first-order valence-corrected chi connectivity index (χ1v) is 11.3. The highest BCUT2D eigenvalue weighted by molar-refractivity contribution is 7.89. The van der Waals surface area contributed by atoms with Gasteiger partial charge in [-0.05, 0) is 18.1 Å². The molecule has 0 fully saturated rings. The molecule has 0 saturated carbocycles. The van der Waals surface area contributed by atoms with Gasteiger partial charge in [0.2, 0.25) is 15.9 Å². The molecule has 1 rings (SSSR count). The monoisotopic (exact) mass is 511 g/mol. The fourth-order valence-electron chi connectivity index (χ4n) is 2.29. The lowest BCUT2D eigenvalue weighted by atomic mass is 10.1. The molecular formula is C18H23Cl2N3O8S. The molecule has 0 bridgehead atoms. The SMILES string of the molecule is COC(=O)CNC(=O)c1cc(S(=O)(=O)N[C@H](C(=O)NCC(=O)OC)C(C)C)c(Cl)cc1Cl. The highest BCUT2D eigenvalue weighted by atomic mass is 35.5. The maximum absolute atomic E-state index is 12.9. The van der Waals surface area contributed by atoms with Crippen molar-refractivity contribution >= 4 is 57.0 Å². The molecule has 0 aliphatic carbocycles. The lowest BCUT2D eigenvalue weighted by Crippen LogP contribution is -2.50. The molecule has 32 heavy (non-hydrogen) atoms. The van der Waals surface area contributed by atoms with Crippen LogP contribution in [-0.4, -0.2) is 65.5 Å². The zero-order chi connectivity index (χ0) is 24.6. The van der Waals surface area contributed by atoms with Gasteiger partial charge in [-0.25, -0.2) is 8.42 Å². The number of nitrogens with one attached hydrogen (secondary N) is 3. The third-order valence-electron chi connectivity index (χ3n) is 4.04. The largest absolute Gasteiger partial charge is 0.468 e. The number of sulfonamides is 1. The number of methoxy groups -OCH3 is 2. The zero-order valence-corrected chi connectivity index (χ0v) is 20.0. The van der Waals surface area contributed by atoms with Gasteiger partial charge in [-0.1, -0.05) is 37.0 Å². The summed E-state index contributed by atoms with van der Waals surface area (Å²) in [5.41, 5.74) is -0.267. The van der Waals surface area contributed by atoms with E-state index >= 15 is 0 Å². The Kier molecular flexibility index (Phi) is 10.4. The van der Waals surface area contributed by atoms with Gasteiger partial charge in [-0.3, -0.25) is 19.2 Å². The minimum absolute atomic E-state index is 0.160. The molecule has 0 heterocycles. The van der Waals surface area contributed by atoms with E-state index in [2.05, 4.69) is 24.8 Å². The van der Waals surface area contributed by atoms with Crippen molar-refractivity contribution in [2.75, 3.05) is 27.3 Å². The number of halogens is 2. The fourth-order valence-corrected chi connectivity index (χ4v) is 4.50. The molecule has 1 aromatic carbocycles. The Hall–Kier alpha value is -2.41. The Bertz CT molecular complexity index is 998. The van der Waals surface area contributed by atoms with Crippen molar-refractivity contribution in [2.24, 2.45) is 5.92 Å². The molecule has 0 aromatic heterocycles. The van der Waals surface area contributed by atoms with Crippen LogP contribution >= 0.6 is 23.2 Å².